The van der Waals surface area contributed by atoms with Gasteiger partial charge < -0.3 is 10.1 Å². The van der Waals surface area contributed by atoms with E-state index in [9.17, 15) is 0 Å². The molecule has 102 valence electrons. The lowest BCUT2D eigenvalue weighted by Crippen LogP contribution is -2.46. The summed E-state index contributed by atoms with van der Waals surface area (Å²) < 4.78 is 5.77. The Labute approximate surface area is 114 Å². The van der Waals surface area contributed by atoms with E-state index in [1.807, 2.05) is 11.8 Å². The van der Waals surface area contributed by atoms with E-state index in [-0.39, 0.29) is 5.60 Å². The van der Waals surface area contributed by atoms with Gasteiger partial charge in [0.1, 0.15) is 0 Å². The molecule has 2 aliphatic heterocycles. The summed E-state index contributed by atoms with van der Waals surface area (Å²) in [6.45, 7) is 5.24. The summed E-state index contributed by atoms with van der Waals surface area (Å²) in [7, 11) is 0. The van der Waals surface area contributed by atoms with Gasteiger partial charge in [0.15, 0.2) is 5.17 Å². The van der Waals surface area contributed by atoms with Crippen molar-refractivity contribution in [2.24, 2.45) is 10.9 Å². The zero-order chi connectivity index (χ0) is 12.6. The molecular weight excluding hydrogens is 244 g/mol. The van der Waals surface area contributed by atoms with Gasteiger partial charge >= 0.3 is 0 Å². The van der Waals surface area contributed by atoms with Gasteiger partial charge in [0.05, 0.1) is 11.6 Å². The van der Waals surface area contributed by atoms with E-state index in [4.69, 9.17) is 9.73 Å². The highest BCUT2D eigenvalue weighted by Gasteiger charge is 2.33. The minimum Gasteiger partial charge on any atom is -0.375 e. The van der Waals surface area contributed by atoms with Crippen LogP contribution in [0.4, 0.5) is 0 Å². The maximum atomic E-state index is 5.77. The van der Waals surface area contributed by atoms with Crippen LogP contribution in [0.3, 0.4) is 0 Å². The summed E-state index contributed by atoms with van der Waals surface area (Å²) in [5.41, 5.74) is 0.0195. The molecule has 3 unspecified atom stereocenters. The van der Waals surface area contributed by atoms with Gasteiger partial charge in [-0.3, -0.25) is 4.99 Å². The number of rotatable bonds is 1. The van der Waals surface area contributed by atoms with Crippen molar-refractivity contribution in [1.29, 1.82) is 0 Å². The van der Waals surface area contributed by atoms with E-state index >= 15 is 0 Å². The summed E-state index contributed by atoms with van der Waals surface area (Å²) in [5, 5.41) is 4.85. The smallest absolute Gasteiger partial charge is 0.157 e. The number of hydrogen-bond donors (Lipinski definition) is 1. The fraction of sp³-hybridized carbons (Fsp3) is 0.929. The van der Waals surface area contributed by atoms with Crippen LogP contribution in [0.2, 0.25) is 0 Å². The largest absolute Gasteiger partial charge is 0.375 e. The third-order valence-electron chi connectivity index (χ3n) is 4.36. The zero-order valence-electron chi connectivity index (χ0n) is 11.4. The predicted molar refractivity (Wildman–Crippen MR) is 77.2 cm³/mol. The van der Waals surface area contributed by atoms with Crippen molar-refractivity contribution in [2.75, 3.05) is 12.4 Å². The third-order valence-corrected chi connectivity index (χ3v) is 5.45. The molecule has 1 saturated carbocycles. The lowest BCUT2D eigenvalue weighted by atomic mass is 9.94. The average molecular weight is 268 g/mol. The van der Waals surface area contributed by atoms with Gasteiger partial charge in [-0.15, -0.1) is 0 Å². The second-order valence-corrected chi connectivity index (χ2v) is 7.45. The molecule has 1 N–H and O–H groups in total. The van der Waals surface area contributed by atoms with Gasteiger partial charge in [0.25, 0.3) is 0 Å². The van der Waals surface area contributed by atoms with Gasteiger partial charge in [-0.25, -0.2) is 0 Å². The van der Waals surface area contributed by atoms with Crippen molar-refractivity contribution in [1.82, 2.24) is 5.32 Å². The lowest BCUT2D eigenvalue weighted by molar-refractivity contribution is -0.0603. The number of nitrogens with one attached hydrogen (secondary N) is 1. The van der Waals surface area contributed by atoms with Crippen molar-refractivity contribution in [3.05, 3.63) is 0 Å². The van der Waals surface area contributed by atoms with Gasteiger partial charge in [0, 0.05) is 18.4 Å². The Morgan fingerprint density at radius 1 is 1.33 bits per heavy atom. The molecule has 2 heterocycles. The molecule has 0 bridgehead atoms. The minimum absolute atomic E-state index is 0.0195. The van der Waals surface area contributed by atoms with Crippen LogP contribution in [-0.4, -0.2) is 35.2 Å². The first-order valence-electron chi connectivity index (χ1n) is 7.23. The number of fused-ring (bicyclic) bond motifs is 1. The van der Waals surface area contributed by atoms with Crippen LogP contribution in [-0.2, 0) is 4.74 Å². The van der Waals surface area contributed by atoms with Crippen LogP contribution in [0.1, 0.15) is 46.0 Å². The molecule has 0 amide bonds. The molecule has 0 aromatic heterocycles. The van der Waals surface area contributed by atoms with Gasteiger partial charge in [-0.2, -0.15) is 0 Å². The molecule has 0 aromatic carbocycles. The summed E-state index contributed by atoms with van der Waals surface area (Å²) in [4.78, 5) is 4.91. The molecule has 3 rings (SSSR count). The molecule has 4 heteroatoms. The summed E-state index contributed by atoms with van der Waals surface area (Å²) in [6, 6.07) is 1.15. The van der Waals surface area contributed by atoms with Crippen LogP contribution >= 0.6 is 11.8 Å². The zero-order valence-corrected chi connectivity index (χ0v) is 12.3. The van der Waals surface area contributed by atoms with E-state index in [1.165, 1.54) is 30.2 Å². The number of thioether (sulfide) groups is 1. The highest BCUT2D eigenvalue weighted by atomic mass is 32.2. The molecular formula is C14H24N2OS. The molecule has 1 aliphatic carbocycles. The highest BCUT2D eigenvalue weighted by molar-refractivity contribution is 8.13. The third kappa shape index (κ3) is 2.85. The van der Waals surface area contributed by atoms with Gasteiger partial charge in [-0.05, 0) is 45.4 Å². The normalized spacial score (nSPS) is 39.0. The second kappa shape index (κ2) is 5.04. The fourth-order valence-corrected chi connectivity index (χ4v) is 4.58. The van der Waals surface area contributed by atoms with E-state index in [0.717, 1.165) is 25.4 Å². The van der Waals surface area contributed by atoms with Crippen molar-refractivity contribution in [2.45, 2.75) is 63.6 Å². The minimum atomic E-state index is 0.0195. The molecule has 3 aliphatic rings. The van der Waals surface area contributed by atoms with Gasteiger partial charge in [0.2, 0.25) is 0 Å². The van der Waals surface area contributed by atoms with Gasteiger partial charge in [-0.1, -0.05) is 18.2 Å². The van der Waals surface area contributed by atoms with E-state index in [1.54, 1.807) is 0 Å². The molecule has 0 radical (unpaired) electrons. The molecule has 0 spiro atoms. The Bertz CT molecular complexity index is 343. The predicted octanol–water partition coefficient (Wildman–Crippen LogP) is 2.81. The molecule has 3 atom stereocenters. The summed E-state index contributed by atoms with van der Waals surface area (Å²) >= 11 is 1.93. The maximum absolute atomic E-state index is 5.77. The van der Waals surface area contributed by atoms with E-state index in [2.05, 4.69) is 19.2 Å². The summed E-state index contributed by atoms with van der Waals surface area (Å²) in [5.74, 6) is 2.12. The van der Waals surface area contributed by atoms with Crippen molar-refractivity contribution < 1.29 is 4.74 Å². The Kier molecular flexibility index (Phi) is 3.59. The second-order valence-electron chi connectivity index (χ2n) is 6.45. The van der Waals surface area contributed by atoms with E-state index in [0.29, 0.717) is 12.1 Å². The Morgan fingerprint density at radius 2 is 2.22 bits per heavy atom. The standard InChI is InChI=1S/C14H24N2OS/c1-14(2)8-11(6-7-17-14)15-13-16-12-5-3-4-10(12)9-18-13/h10-12H,3-9H2,1-2H3,(H,15,16). The van der Waals surface area contributed by atoms with E-state index < -0.39 is 0 Å². The van der Waals surface area contributed by atoms with Crippen LogP contribution in [0.25, 0.3) is 0 Å². The molecule has 0 aromatic rings. The number of aliphatic imine (C=N–C) groups is 1. The Balaban J connectivity index is 1.59. The Hall–Kier alpha value is -0.220. The molecule has 3 nitrogen and oxygen atoms in total. The summed E-state index contributed by atoms with van der Waals surface area (Å²) in [6.07, 6.45) is 6.25. The molecule has 2 fully saturated rings. The molecule has 1 saturated heterocycles. The first kappa shape index (κ1) is 12.8. The van der Waals surface area contributed by atoms with Crippen LogP contribution in [0.15, 0.2) is 4.99 Å². The lowest BCUT2D eigenvalue weighted by Gasteiger charge is -2.37. The highest BCUT2D eigenvalue weighted by Crippen LogP contribution is 2.35. The van der Waals surface area contributed by atoms with Crippen molar-refractivity contribution in [3.8, 4) is 0 Å². The number of nitrogens with zero attached hydrogens (tertiary/aromatic N) is 1. The fourth-order valence-electron chi connectivity index (χ4n) is 3.36. The SMILES string of the molecule is CC1(C)CC(NC2=NC3CCCC3CS2)CCO1. The first-order valence-corrected chi connectivity index (χ1v) is 8.22. The van der Waals surface area contributed by atoms with Crippen LogP contribution < -0.4 is 5.32 Å². The number of ether oxygens (including phenoxy) is 1. The molecule has 18 heavy (non-hydrogen) atoms. The number of amidine groups is 1. The number of hydrogen-bond acceptors (Lipinski definition) is 4. The van der Waals surface area contributed by atoms with Crippen LogP contribution in [0, 0.1) is 5.92 Å². The first-order chi connectivity index (χ1) is 8.62. The Morgan fingerprint density at radius 3 is 3.06 bits per heavy atom. The monoisotopic (exact) mass is 268 g/mol. The maximum Gasteiger partial charge on any atom is 0.157 e. The topological polar surface area (TPSA) is 33.6 Å². The van der Waals surface area contributed by atoms with Crippen molar-refractivity contribution >= 4 is 16.9 Å². The average Bonchev–Trinajstić information content (AvgIpc) is 2.74. The quantitative estimate of drug-likeness (QED) is 0.794. The van der Waals surface area contributed by atoms with Crippen LogP contribution in [0.5, 0.6) is 0 Å². The van der Waals surface area contributed by atoms with Crippen molar-refractivity contribution in [3.63, 3.8) is 0 Å².